The highest BCUT2D eigenvalue weighted by Crippen LogP contribution is 2.31. The van der Waals surface area contributed by atoms with Gasteiger partial charge < -0.3 is 4.74 Å². The first kappa shape index (κ1) is 11.1. The number of pyridine rings is 1. The number of methoxy groups -OCH3 is 1. The number of aromatic nitrogens is 2. The number of benzene rings is 1. The lowest BCUT2D eigenvalue weighted by Crippen LogP contribution is -1.82. The van der Waals surface area contributed by atoms with Crippen molar-refractivity contribution in [2.75, 3.05) is 7.11 Å². The second-order valence-electron chi connectivity index (χ2n) is 3.74. The number of rotatable bonds is 2. The summed E-state index contributed by atoms with van der Waals surface area (Å²) in [5.41, 5.74) is 1.54. The molecule has 0 aliphatic carbocycles. The molecule has 0 fully saturated rings. The van der Waals surface area contributed by atoms with Crippen LogP contribution in [0.3, 0.4) is 0 Å². The molecule has 0 spiro atoms. The zero-order valence-corrected chi connectivity index (χ0v) is 10.4. The number of thiazole rings is 1. The van der Waals surface area contributed by atoms with Gasteiger partial charge in [-0.05, 0) is 18.2 Å². The maximum Gasteiger partial charge on any atom is 0.142 e. The normalized spacial score (nSPS) is 10.8. The molecule has 0 N–H and O–H groups in total. The summed E-state index contributed by atoms with van der Waals surface area (Å²) >= 11 is 1.50. The van der Waals surface area contributed by atoms with Crippen molar-refractivity contribution >= 4 is 21.6 Å². The van der Waals surface area contributed by atoms with Gasteiger partial charge in [0.25, 0.3) is 0 Å². The van der Waals surface area contributed by atoms with Crippen molar-refractivity contribution in [1.29, 1.82) is 0 Å². The Balaban J connectivity index is 2.13. The molecule has 2 heterocycles. The van der Waals surface area contributed by atoms with E-state index < -0.39 is 0 Å². The van der Waals surface area contributed by atoms with Gasteiger partial charge in [-0.3, -0.25) is 4.98 Å². The van der Waals surface area contributed by atoms with Gasteiger partial charge >= 0.3 is 0 Å². The topological polar surface area (TPSA) is 35.0 Å². The largest absolute Gasteiger partial charge is 0.497 e. The van der Waals surface area contributed by atoms with E-state index in [9.17, 15) is 4.39 Å². The molecule has 0 aliphatic rings. The Morgan fingerprint density at radius 2 is 2.11 bits per heavy atom. The summed E-state index contributed by atoms with van der Waals surface area (Å²) in [6.45, 7) is 0. The predicted molar refractivity (Wildman–Crippen MR) is 69.4 cm³/mol. The SMILES string of the molecule is COc1ccc2sc(-c3cncc(F)c3)nc2c1. The van der Waals surface area contributed by atoms with Gasteiger partial charge in [0.05, 0.1) is 23.5 Å². The molecule has 5 heteroatoms. The molecule has 3 aromatic rings. The fourth-order valence-electron chi connectivity index (χ4n) is 1.69. The third-order valence-electron chi connectivity index (χ3n) is 2.55. The van der Waals surface area contributed by atoms with Gasteiger partial charge in [-0.25, -0.2) is 9.37 Å². The van der Waals surface area contributed by atoms with Gasteiger partial charge in [-0.2, -0.15) is 0 Å². The van der Waals surface area contributed by atoms with Gasteiger partial charge in [0.2, 0.25) is 0 Å². The fraction of sp³-hybridized carbons (Fsp3) is 0.0769. The summed E-state index contributed by atoms with van der Waals surface area (Å²) in [6.07, 6.45) is 2.79. The first-order chi connectivity index (χ1) is 8.76. The summed E-state index contributed by atoms with van der Waals surface area (Å²) in [6, 6.07) is 7.13. The number of fused-ring (bicyclic) bond motifs is 1. The maximum atomic E-state index is 13.1. The Morgan fingerprint density at radius 1 is 1.22 bits per heavy atom. The Labute approximate surface area is 107 Å². The average molecular weight is 260 g/mol. The van der Waals surface area contributed by atoms with Crippen molar-refractivity contribution in [3.05, 3.63) is 42.5 Å². The lowest BCUT2D eigenvalue weighted by Gasteiger charge is -1.96. The lowest BCUT2D eigenvalue weighted by atomic mass is 10.3. The summed E-state index contributed by atoms with van der Waals surface area (Å²) in [7, 11) is 1.62. The molecule has 0 radical (unpaired) electrons. The van der Waals surface area contributed by atoms with Crippen LogP contribution >= 0.6 is 11.3 Å². The summed E-state index contributed by atoms with van der Waals surface area (Å²) in [5.74, 6) is 0.404. The number of ether oxygens (including phenoxy) is 1. The van der Waals surface area contributed by atoms with Crippen LogP contribution in [-0.2, 0) is 0 Å². The van der Waals surface area contributed by atoms with Gasteiger partial charge in [0, 0.05) is 17.8 Å². The van der Waals surface area contributed by atoms with Crippen molar-refractivity contribution in [1.82, 2.24) is 9.97 Å². The minimum Gasteiger partial charge on any atom is -0.497 e. The highest BCUT2D eigenvalue weighted by molar-refractivity contribution is 7.21. The first-order valence-electron chi connectivity index (χ1n) is 5.32. The highest BCUT2D eigenvalue weighted by atomic mass is 32.1. The monoisotopic (exact) mass is 260 g/mol. The van der Waals surface area contributed by atoms with E-state index in [2.05, 4.69) is 9.97 Å². The van der Waals surface area contributed by atoms with E-state index >= 15 is 0 Å². The second kappa shape index (κ2) is 4.34. The summed E-state index contributed by atoms with van der Waals surface area (Å²) in [4.78, 5) is 8.30. The number of halogens is 1. The minimum absolute atomic E-state index is 0.357. The zero-order valence-electron chi connectivity index (χ0n) is 9.55. The van der Waals surface area contributed by atoms with Crippen LogP contribution in [0.1, 0.15) is 0 Å². The molecule has 0 atom stereocenters. The Bertz CT molecular complexity index is 711. The van der Waals surface area contributed by atoms with Crippen LogP contribution in [0.5, 0.6) is 5.75 Å². The van der Waals surface area contributed by atoms with Gasteiger partial charge in [0.15, 0.2) is 0 Å². The van der Waals surface area contributed by atoms with E-state index in [4.69, 9.17) is 4.74 Å². The maximum absolute atomic E-state index is 13.1. The van der Waals surface area contributed by atoms with E-state index in [1.165, 1.54) is 23.6 Å². The lowest BCUT2D eigenvalue weighted by molar-refractivity contribution is 0.415. The van der Waals surface area contributed by atoms with Crippen molar-refractivity contribution < 1.29 is 9.13 Å². The summed E-state index contributed by atoms with van der Waals surface area (Å²) in [5, 5.41) is 0.755. The number of hydrogen-bond acceptors (Lipinski definition) is 4. The fourth-order valence-corrected chi connectivity index (χ4v) is 2.61. The highest BCUT2D eigenvalue weighted by Gasteiger charge is 2.08. The van der Waals surface area contributed by atoms with E-state index in [1.807, 2.05) is 18.2 Å². The molecule has 0 saturated carbocycles. The molecule has 18 heavy (non-hydrogen) atoms. The second-order valence-corrected chi connectivity index (χ2v) is 4.78. The molecule has 90 valence electrons. The van der Waals surface area contributed by atoms with Crippen LogP contribution in [0, 0.1) is 5.82 Å². The van der Waals surface area contributed by atoms with Crippen molar-refractivity contribution in [3.63, 3.8) is 0 Å². The molecule has 0 amide bonds. The van der Waals surface area contributed by atoms with Crippen LogP contribution in [0.15, 0.2) is 36.7 Å². The molecule has 3 rings (SSSR count). The quantitative estimate of drug-likeness (QED) is 0.707. The van der Waals surface area contributed by atoms with Crippen LogP contribution in [0.4, 0.5) is 4.39 Å². The van der Waals surface area contributed by atoms with E-state index in [0.717, 1.165) is 21.0 Å². The average Bonchev–Trinajstić information content (AvgIpc) is 2.81. The molecule has 1 aromatic carbocycles. The van der Waals surface area contributed by atoms with Gasteiger partial charge in [0.1, 0.15) is 16.6 Å². The van der Waals surface area contributed by atoms with E-state index in [0.29, 0.717) is 5.56 Å². The van der Waals surface area contributed by atoms with Crippen molar-refractivity contribution in [3.8, 4) is 16.3 Å². The molecule has 0 aliphatic heterocycles. The first-order valence-corrected chi connectivity index (χ1v) is 6.13. The van der Waals surface area contributed by atoms with Gasteiger partial charge in [-0.1, -0.05) is 0 Å². The third-order valence-corrected chi connectivity index (χ3v) is 3.63. The van der Waals surface area contributed by atoms with Crippen molar-refractivity contribution in [2.45, 2.75) is 0 Å². The predicted octanol–water partition coefficient (Wildman–Crippen LogP) is 3.51. The van der Waals surface area contributed by atoms with Gasteiger partial charge in [-0.15, -0.1) is 11.3 Å². The number of nitrogens with zero attached hydrogens (tertiary/aromatic N) is 2. The van der Waals surface area contributed by atoms with Crippen LogP contribution in [-0.4, -0.2) is 17.1 Å². The van der Waals surface area contributed by atoms with E-state index in [1.54, 1.807) is 13.3 Å². The molecule has 0 saturated heterocycles. The van der Waals surface area contributed by atoms with Crippen LogP contribution < -0.4 is 4.74 Å². The minimum atomic E-state index is -0.357. The van der Waals surface area contributed by atoms with E-state index in [-0.39, 0.29) is 5.82 Å². The molecule has 3 nitrogen and oxygen atoms in total. The Morgan fingerprint density at radius 3 is 2.89 bits per heavy atom. The molecule has 0 unspecified atom stereocenters. The third kappa shape index (κ3) is 1.93. The molecule has 2 aromatic heterocycles. The Hall–Kier alpha value is -2.01. The number of hydrogen-bond donors (Lipinski definition) is 0. The summed E-state index contributed by atoms with van der Waals surface area (Å²) < 4.78 is 19.3. The zero-order chi connectivity index (χ0) is 12.5. The van der Waals surface area contributed by atoms with Crippen molar-refractivity contribution in [2.24, 2.45) is 0 Å². The smallest absolute Gasteiger partial charge is 0.142 e. The Kier molecular flexibility index (Phi) is 2.68. The standard InChI is InChI=1S/C13H9FN2OS/c1-17-10-2-3-12-11(5-10)16-13(18-12)8-4-9(14)7-15-6-8/h2-7H,1H3. The molecular formula is C13H9FN2OS. The molecule has 0 bridgehead atoms. The van der Waals surface area contributed by atoms with Crippen LogP contribution in [0.2, 0.25) is 0 Å². The van der Waals surface area contributed by atoms with Crippen LogP contribution in [0.25, 0.3) is 20.8 Å². The molecular weight excluding hydrogens is 251 g/mol.